The van der Waals surface area contributed by atoms with Crippen molar-refractivity contribution in [2.75, 3.05) is 32.6 Å². The van der Waals surface area contributed by atoms with Crippen LogP contribution in [0, 0.1) is 5.92 Å². The van der Waals surface area contributed by atoms with Gasteiger partial charge in [0, 0.05) is 30.3 Å². The lowest BCUT2D eigenvalue weighted by Gasteiger charge is -2.31. The average Bonchev–Trinajstić information content (AvgIpc) is 2.74. The molecule has 0 saturated carbocycles. The van der Waals surface area contributed by atoms with E-state index in [0.29, 0.717) is 37.4 Å². The number of nitrogens with one attached hydrogen (secondary N) is 1. The van der Waals surface area contributed by atoms with Crippen LogP contribution in [0.5, 0.6) is 11.5 Å². The molecule has 1 N–H and O–H groups in total. The maximum Gasteiger partial charge on any atom is 0.227 e. The summed E-state index contributed by atoms with van der Waals surface area (Å²) in [6.45, 7) is 1.16. The summed E-state index contributed by atoms with van der Waals surface area (Å²) >= 11 is 0. The first-order chi connectivity index (χ1) is 13.6. The summed E-state index contributed by atoms with van der Waals surface area (Å²) in [6.07, 6.45) is 1.58. The van der Waals surface area contributed by atoms with Crippen molar-refractivity contribution in [3.63, 3.8) is 0 Å². The molecule has 1 heterocycles. The molecular formula is C22H26N2O4. The third-order valence-corrected chi connectivity index (χ3v) is 5.09. The third-order valence-electron chi connectivity index (χ3n) is 5.09. The first kappa shape index (κ1) is 19.7. The minimum Gasteiger partial charge on any atom is -0.497 e. The van der Waals surface area contributed by atoms with Crippen LogP contribution in [0.4, 0.5) is 5.69 Å². The Morgan fingerprint density at radius 3 is 2.39 bits per heavy atom. The molecule has 0 radical (unpaired) electrons. The van der Waals surface area contributed by atoms with Crippen molar-refractivity contribution in [2.24, 2.45) is 5.92 Å². The van der Waals surface area contributed by atoms with Crippen LogP contribution in [0.3, 0.4) is 0 Å². The molecule has 0 spiro atoms. The number of hydrogen-bond donors (Lipinski definition) is 1. The highest BCUT2D eigenvalue weighted by atomic mass is 16.5. The molecule has 0 bridgehead atoms. The van der Waals surface area contributed by atoms with E-state index in [2.05, 4.69) is 5.32 Å². The molecule has 1 aliphatic rings. The molecule has 3 rings (SSSR count). The van der Waals surface area contributed by atoms with Crippen LogP contribution in [0.1, 0.15) is 18.4 Å². The number of ether oxygens (including phenoxy) is 2. The van der Waals surface area contributed by atoms with E-state index >= 15 is 0 Å². The first-order valence-corrected chi connectivity index (χ1v) is 9.45. The summed E-state index contributed by atoms with van der Waals surface area (Å²) in [6, 6.07) is 14.9. The van der Waals surface area contributed by atoms with Crippen LogP contribution in [0.2, 0.25) is 0 Å². The van der Waals surface area contributed by atoms with Crippen LogP contribution >= 0.6 is 0 Å². The zero-order valence-electron chi connectivity index (χ0n) is 16.3. The van der Waals surface area contributed by atoms with Gasteiger partial charge in [0.15, 0.2) is 0 Å². The Hall–Kier alpha value is -3.02. The predicted molar refractivity (Wildman–Crippen MR) is 108 cm³/mol. The molecule has 1 fully saturated rings. The van der Waals surface area contributed by atoms with Gasteiger partial charge in [0.2, 0.25) is 11.8 Å². The van der Waals surface area contributed by atoms with Crippen LogP contribution in [0.25, 0.3) is 0 Å². The van der Waals surface area contributed by atoms with Crippen molar-refractivity contribution >= 4 is 17.5 Å². The zero-order valence-corrected chi connectivity index (χ0v) is 16.3. The Kier molecular flexibility index (Phi) is 6.53. The lowest BCUT2D eigenvalue weighted by molar-refractivity contribution is -0.133. The standard InChI is InChI=1S/C22H26N2O4/c1-27-19-8-9-20(28-2)17(14-19)15-21(25)24-12-10-16(11-13-24)22(26)23-18-6-4-3-5-7-18/h3-9,14,16H,10-13,15H2,1-2H3,(H,23,26). The number of anilines is 1. The van der Waals surface area contributed by atoms with Crippen LogP contribution in [-0.4, -0.2) is 44.0 Å². The summed E-state index contributed by atoms with van der Waals surface area (Å²) < 4.78 is 10.6. The number of carbonyl (C=O) groups is 2. The largest absolute Gasteiger partial charge is 0.497 e. The fraction of sp³-hybridized carbons (Fsp3) is 0.364. The normalized spacial score (nSPS) is 14.4. The summed E-state index contributed by atoms with van der Waals surface area (Å²) in [5.41, 5.74) is 1.60. The Bertz CT molecular complexity index is 815. The molecule has 1 aliphatic heterocycles. The number of piperidine rings is 1. The van der Waals surface area contributed by atoms with Gasteiger partial charge in [-0.25, -0.2) is 0 Å². The van der Waals surface area contributed by atoms with Crippen molar-refractivity contribution in [3.8, 4) is 11.5 Å². The Balaban J connectivity index is 1.55. The first-order valence-electron chi connectivity index (χ1n) is 9.45. The van der Waals surface area contributed by atoms with Gasteiger partial charge in [0.05, 0.1) is 20.6 Å². The number of benzene rings is 2. The van der Waals surface area contributed by atoms with Crippen molar-refractivity contribution in [2.45, 2.75) is 19.3 Å². The molecule has 1 saturated heterocycles. The summed E-state index contributed by atoms with van der Waals surface area (Å²) in [5.74, 6) is 1.35. The van der Waals surface area contributed by atoms with Gasteiger partial charge in [-0.1, -0.05) is 18.2 Å². The number of amides is 2. The second-order valence-electron chi connectivity index (χ2n) is 6.86. The molecule has 2 amide bonds. The summed E-state index contributed by atoms with van der Waals surface area (Å²) in [5, 5.41) is 2.95. The van der Waals surface area contributed by atoms with Gasteiger partial charge in [-0.05, 0) is 43.2 Å². The van der Waals surface area contributed by atoms with Crippen molar-refractivity contribution in [3.05, 3.63) is 54.1 Å². The quantitative estimate of drug-likeness (QED) is 0.834. The van der Waals surface area contributed by atoms with E-state index in [-0.39, 0.29) is 24.2 Å². The smallest absolute Gasteiger partial charge is 0.227 e. The number of likely N-dealkylation sites (tertiary alicyclic amines) is 1. The summed E-state index contributed by atoms with van der Waals surface area (Å²) in [7, 11) is 3.19. The van der Waals surface area contributed by atoms with E-state index in [4.69, 9.17) is 9.47 Å². The highest BCUT2D eigenvalue weighted by Gasteiger charge is 2.27. The SMILES string of the molecule is COc1ccc(OC)c(CC(=O)N2CCC(C(=O)Nc3ccccc3)CC2)c1. The van der Waals surface area contributed by atoms with E-state index in [1.165, 1.54) is 0 Å². The second-order valence-corrected chi connectivity index (χ2v) is 6.86. The highest BCUT2D eigenvalue weighted by Crippen LogP contribution is 2.26. The average molecular weight is 382 g/mol. The number of nitrogens with zero attached hydrogens (tertiary/aromatic N) is 1. The van der Waals surface area contributed by atoms with Crippen LogP contribution in [-0.2, 0) is 16.0 Å². The van der Waals surface area contributed by atoms with Crippen LogP contribution < -0.4 is 14.8 Å². The molecule has 2 aromatic rings. The van der Waals surface area contributed by atoms with Gasteiger partial charge in [0.25, 0.3) is 0 Å². The molecule has 2 aromatic carbocycles. The van der Waals surface area contributed by atoms with E-state index in [1.54, 1.807) is 14.2 Å². The second kappa shape index (κ2) is 9.26. The fourth-order valence-corrected chi connectivity index (χ4v) is 3.45. The number of rotatable bonds is 6. The molecule has 0 atom stereocenters. The van der Waals surface area contributed by atoms with Crippen molar-refractivity contribution in [1.29, 1.82) is 0 Å². The fourth-order valence-electron chi connectivity index (χ4n) is 3.45. The van der Waals surface area contributed by atoms with Gasteiger partial charge in [0.1, 0.15) is 11.5 Å². The molecule has 0 unspecified atom stereocenters. The highest BCUT2D eigenvalue weighted by molar-refractivity contribution is 5.92. The van der Waals surface area contributed by atoms with Gasteiger partial charge in [-0.15, -0.1) is 0 Å². The van der Waals surface area contributed by atoms with E-state index < -0.39 is 0 Å². The Labute approximate surface area is 165 Å². The van der Waals surface area contributed by atoms with Gasteiger partial charge in [-0.3, -0.25) is 9.59 Å². The maximum atomic E-state index is 12.7. The Morgan fingerprint density at radius 2 is 1.75 bits per heavy atom. The molecule has 6 nitrogen and oxygen atoms in total. The third kappa shape index (κ3) is 4.82. The summed E-state index contributed by atoms with van der Waals surface area (Å²) in [4.78, 5) is 27.0. The molecule has 148 valence electrons. The number of carbonyl (C=O) groups excluding carboxylic acids is 2. The maximum absolute atomic E-state index is 12.7. The topological polar surface area (TPSA) is 67.9 Å². The van der Waals surface area contributed by atoms with Gasteiger partial charge < -0.3 is 19.7 Å². The molecule has 0 aliphatic carbocycles. The number of para-hydroxylation sites is 1. The van der Waals surface area contributed by atoms with E-state index in [9.17, 15) is 9.59 Å². The van der Waals surface area contributed by atoms with Crippen molar-refractivity contribution in [1.82, 2.24) is 4.90 Å². The number of methoxy groups -OCH3 is 2. The molecule has 6 heteroatoms. The van der Waals surface area contributed by atoms with Crippen LogP contribution in [0.15, 0.2) is 48.5 Å². The number of hydrogen-bond acceptors (Lipinski definition) is 4. The zero-order chi connectivity index (χ0) is 19.9. The molecule has 28 heavy (non-hydrogen) atoms. The lowest BCUT2D eigenvalue weighted by Crippen LogP contribution is -2.42. The molecule has 0 aromatic heterocycles. The minimum atomic E-state index is -0.0735. The monoisotopic (exact) mass is 382 g/mol. The van der Waals surface area contributed by atoms with Gasteiger partial charge in [-0.2, -0.15) is 0 Å². The molecular weight excluding hydrogens is 356 g/mol. The van der Waals surface area contributed by atoms with Crippen molar-refractivity contribution < 1.29 is 19.1 Å². The van der Waals surface area contributed by atoms with Gasteiger partial charge >= 0.3 is 0 Å². The van der Waals surface area contributed by atoms with E-state index in [1.807, 2.05) is 53.4 Å². The minimum absolute atomic E-state index is 0.0211. The lowest BCUT2D eigenvalue weighted by atomic mass is 9.95. The van der Waals surface area contributed by atoms with E-state index in [0.717, 1.165) is 11.3 Å². The predicted octanol–water partition coefficient (Wildman–Crippen LogP) is 3.12. The Morgan fingerprint density at radius 1 is 1.04 bits per heavy atom.